The van der Waals surface area contributed by atoms with Crippen LogP contribution in [-0.4, -0.2) is 35.1 Å². The van der Waals surface area contributed by atoms with Crippen molar-refractivity contribution in [2.75, 3.05) is 20.2 Å². The van der Waals surface area contributed by atoms with Crippen LogP contribution in [0.2, 0.25) is 10.0 Å². The summed E-state index contributed by atoms with van der Waals surface area (Å²) in [7, 11) is 1.51. The van der Waals surface area contributed by atoms with Gasteiger partial charge in [-0.15, -0.1) is 0 Å². The van der Waals surface area contributed by atoms with Gasteiger partial charge >= 0.3 is 0 Å². The van der Waals surface area contributed by atoms with Crippen LogP contribution in [0.5, 0.6) is 17.5 Å². The summed E-state index contributed by atoms with van der Waals surface area (Å²) in [4.78, 5) is 10.5. The van der Waals surface area contributed by atoms with Crippen LogP contribution in [0.4, 0.5) is 0 Å². The predicted octanol–water partition coefficient (Wildman–Crippen LogP) is 4.18. The van der Waals surface area contributed by atoms with Gasteiger partial charge in [-0.2, -0.15) is 0 Å². The predicted molar refractivity (Wildman–Crippen MR) is 89.6 cm³/mol. The molecule has 1 aromatic heterocycles. The summed E-state index contributed by atoms with van der Waals surface area (Å²) in [6, 6.07) is 3.52. The Labute approximate surface area is 145 Å². The lowest BCUT2D eigenvalue weighted by molar-refractivity contribution is 0.330. The first kappa shape index (κ1) is 16.3. The van der Waals surface area contributed by atoms with Crippen molar-refractivity contribution in [3.63, 3.8) is 0 Å². The average molecular weight is 354 g/mol. The highest BCUT2D eigenvalue weighted by Crippen LogP contribution is 2.38. The van der Waals surface area contributed by atoms with Crippen molar-refractivity contribution in [1.29, 1.82) is 0 Å². The van der Waals surface area contributed by atoms with Gasteiger partial charge in [0.25, 0.3) is 11.8 Å². The standard InChI is InChI=1S/C16H17Cl2N3O2/c1-22-15-16(20-7-6-19-15)23-13-5-4-12(17)11(14(13)18)10-21-8-2-3-9-21/h4-7H,2-3,8-10H2,1H3. The van der Waals surface area contributed by atoms with Crippen LogP contribution in [0.15, 0.2) is 24.5 Å². The van der Waals surface area contributed by atoms with E-state index in [4.69, 9.17) is 32.7 Å². The fraction of sp³-hybridized carbons (Fsp3) is 0.375. The van der Waals surface area contributed by atoms with E-state index in [1.54, 1.807) is 12.1 Å². The molecule has 0 saturated carbocycles. The van der Waals surface area contributed by atoms with Gasteiger partial charge in [0, 0.05) is 29.5 Å². The Bertz CT molecular complexity index is 691. The van der Waals surface area contributed by atoms with Crippen LogP contribution in [0, 0.1) is 0 Å². The van der Waals surface area contributed by atoms with Crippen molar-refractivity contribution in [1.82, 2.24) is 14.9 Å². The first-order chi connectivity index (χ1) is 11.2. The van der Waals surface area contributed by atoms with E-state index < -0.39 is 0 Å². The number of hydrogen-bond donors (Lipinski definition) is 0. The normalized spacial score (nSPS) is 14.9. The van der Waals surface area contributed by atoms with Crippen molar-refractivity contribution in [3.05, 3.63) is 40.1 Å². The minimum absolute atomic E-state index is 0.270. The number of rotatable bonds is 5. The summed E-state index contributed by atoms with van der Waals surface area (Å²) in [6.07, 6.45) is 5.49. The van der Waals surface area contributed by atoms with E-state index in [0.29, 0.717) is 28.2 Å². The van der Waals surface area contributed by atoms with Crippen LogP contribution >= 0.6 is 23.2 Å². The zero-order valence-corrected chi connectivity index (χ0v) is 14.3. The molecule has 122 valence electrons. The molecule has 2 heterocycles. The van der Waals surface area contributed by atoms with Gasteiger partial charge in [-0.05, 0) is 38.1 Å². The SMILES string of the molecule is COc1nccnc1Oc1ccc(Cl)c(CN2CCCC2)c1Cl. The Morgan fingerprint density at radius 3 is 2.48 bits per heavy atom. The van der Waals surface area contributed by atoms with Gasteiger partial charge in [-0.25, -0.2) is 9.97 Å². The molecule has 1 aliphatic rings. The Morgan fingerprint density at radius 2 is 1.78 bits per heavy atom. The molecular weight excluding hydrogens is 337 g/mol. The lowest BCUT2D eigenvalue weighted by Gasteiger charge is -2.18. The fourth-order valence-corrected chi connectivity index (χ4v) is 3.12. The van der Waals surface area contributed by atoms with Crippen molar-refractivity contribution in [3.8, 4) is 17.5 Å². The summed E-state index contributed by atoms with van der Waals surface area (Å²) in [5.74, 6) is 1.06. The van der Waals surface area contributed by atoms with Crippen molar-refractivity contribution >= 4 is 23.2 Å². The van der Waals surface area contributed by atoms with Gasteiger partial charge in [-0.3, -0.25) is 4.90 Å². The quantitative estimate of drug-likeness (QED) is 0.806. The van der Waals surface area contributed by atoms with Gasteiger partial charge in [0.2, 0.25) is 0 Å². The summed E-state index contributed by atoms with van der Waals surface area (Å²) in [5.41, 5.74) is 0.871. The second kappa shape index (κ2) is 7.34. The monoisotopic (exact) mass is 353 g/mol. The lowest BCUT2D eigenvalue weighted by atomic mass is 10.2. The Hall–Kier alpha value is -1.56. The number of likely N-dealkylation sites (tertiary alicyclic amines) is 1. The third-order valence-electron chi connectivity index (χ3n) is 3.76. The number of nitrogens with zero attached hydrogens (tertiary/aromatic N) is 3. The Balaban J connectivity index is 1.87. The van der Waals surface area contributed by atoms with Gasteiger partial charge in [0.05, 0.1) is 12.1 Å². The molecule has 0 unspecified atom stereocenters. The number of methoxy groups -OCH3 is 1. The maximum absolute atomic E-state index is 6.51. The van der Waals surface area contributed by atoms with Crippen LogP contribution in [0.3, 0.4) is 0 Å². The molecule has 1 aliphatic heterocycles. The van der Waals surface area contributed by atoms with E-state index in [0.717, 1.165) is 18.7 Å². The lowest BCUT2D eigenvalue weighted by Crippen LogP contribution is -2.19. The molecule has 0 atom stereocenters. The zero-order valence-electron chi connectivity index (χ0n) is 12.8. The fourth-order valence-electron chi connectivity index (χ4n) is 2.59. The van der Waals surface area contributed by atoms with E-state index in [1.807, 2.05) is 0 Å². The second-order valence-corrected chi connectivity index (χ2v) is 6.08. The molecule has 0 aliphatic carbocycles. The Morgan fingerprint density at radius 1 is 1.09 bits per heavy atom. The first-order valence-electron chi connectivity index (χ1n) is 7.41. The molecular formula is C16H17Cl2N3O2. The van der Waals surface area contributed by atoms with Gasteiger partial charge in [0.15, 0.2) is 0 Å². The largest absolute Gasteiger partial charge is 0.477 e. The molecule has 0 radical (unpaired) electrons. The first-order valence-corrected chi connectivity index (χ1v) is 8.16. The van der Waals surface area contributed by atoms with E-state index in [-0.39, 0.29) is 5.88 Å². The zero-order chi connectivity index (χ0) is 16.2. The maximum Gasteiger partial charge on any atom is 0.283 e. The van der Waals surface area contributed by atoms with Crippen LogP contribution < -0.4 is 9.47 Å². The maximum atomic E-state index is 6.51. The van der Waals surface area contributed by atoms with Crippen molar-refractivity contribution in [2.24, 2.45) is 0 Å². The summed E-state index contributed by atoms with van der Waals surface area (Å²) in [6.45, 7) is 2.85. The molecule has 3 rings (SSSR count). The third kappa shape index (κ3) is 3.68. The third-order valence-corrected chi connectivity index (χ3v) is 4.53. The summed E-state index contributed by atoms with van der Waals surface area (Å²) >= 11 is 12.8. The van der Waals surface area contributed by atoms with E-state index in [2.05, 4.69) is 14.9 Å². The smallest absolute Gasteiger partial charge is 0.283 e. The molecule has 2 aromatic rings. The van der Waals surface area contributed by atoms with Crippen LogP contribution in [-0.2, 0) is 6.54 Å². The topological polar surface area (TPSA) is 47.5 Å². The molecule has 0 N–H and O–H groups in total. The van der Waals surface area contributed by atoms with Gasteiger partial charge < -0.3 is 9.47 Å². The average Bonchev–Trinajstić information content (AvgIpc) is 3.08. The summed E-state index contributed by atoms with van der Waals surface area (Å²) < 4.78 is 10.9. The molecule has 23 heavy (non-hydrogen) atoms. The molecule has 0 amide bonds. The van der Waals surface area contributed by atoms with E-state index in [1.165, 1.54) is 32.3 Å². The van der Waals surface area contributed by atoms with Crippen LogP contribution in [0.1, 0.15) is 18.4 Å². The highest BCUT2D eigenvalue weighted by atomic mass is 35.5. The molecule has 1 fully saturated rings. The van der Waals surface area contributed by atoms with Gasteiger partial charge in [-0.1, -0.05) is 23.2 Å². The second-order valence-electron chi connectivity index (χ2n) is 5.29. The minimum Gasteiger partial charge on any atom is -0.477 e. The van der Waals surface area contributed by atoms with Crippen molar-refractivity contribution in [2.45, 2.75) is 19.4 Å². The number of benzene rings is 1. The minimum atomic E-state index is 0.270. The van der Waals surface area contributed by atoms with Crippen molar-refractivity contribution < 1.29 is 9.47 Å². The van der Waals surface area contributed by atoms with Crippen LogP contribution in [0.25, 0.3) is 0 Å². The van der Waals surface area contributed by atoms with E-state index >= 15 is 0 Å². The molecule has 1 aromatic carbocycles. The molecule has 7 heteroatoms. The molecule has 0 bridgehead atoms. The number of ether oxygens (including phenoxy) is 2. The molecule has 5 nitrogen and oxygen atoms in total. The molecule has 0 spiro atoms. The van der Waals surface area contributed by atoms with Gasteiger partial charge in [0.1, 0.15) is 5.75 Å². The number of halogens is 2. The number of hydrogen-bond acceptors (Lipinski definition) is 5. The van der Waals surface area contributed by atoms with E-state index in [9.17, 15) is 0 Å². The molecule has 1 saturated heterocycles. The Kier molecular flexibility index (Phi) is 5.20. The highest BCUT2D eigenvalue weighted by molar-refractivity contribution is 6.37. The number of aromatic nitrogens is 2. The summed E-state index contributed by atoms with van der Waals surface area (Å²) in [5, 5.41) is 1.14. The highest BCUT2D eigenvalue weighted by Gasteiger charge is 2.19.